The first-order valence-corrected chi connectivity index (χ1v) is 20.1. The molecule has 6 unspecified atom stereocenters. The molecule has 7 amide bonds. The number of guanidine groups is 1. The zero-order valence-electron chi connectivity index (χ0n) is 34.5. The summed E-state index contributed by atoms with van der Waals surface area (Å²) in [7, 11) is 0. The van der Waals surface area contributed by atoms with Gasteiger partial charge in [0.05, 0.1) is 13.0 Å². The number of amides is 7. The maximum Gasteiger partial charge on any atom is 0.305 e. The number of hydrogen-bond donors (Lipinski definition) is 10. The van der Waals surface area contributed by atoms with Crippen LogP contribution in [0.15, 0.2) is 65.7 Å². The number of nitrogens with two attached hydrogens (primary N) is 4. The standard InChI is InChI=1S/C41H59N11O9/c1-24(2)19-29(37(58)48-27(15-9-17-46-41(44)45)36(57)49-28(35(43)56)20-25-11-5-3-6-12-25)50-38(59)30(21-26-13-7-4-8-14-26)51-39(60)32-16-10-18-52(32)40(61)31(22-34(54)55)47-33(53)23-42/h3-8,11-14,24,27-32H,9-10,15-23,42H2,1-2H3,(H2,43,56)(H,47,53)(H,48,58)(H,49,57)(H,50,59)(H,51,60)(H,54,55)(H4,44,45,46). The highest BCUT2D eigenvalue weighted by atomic mass is 16.4. The Balaban J connectivity index is 1.87. The number of carbonyl (C=O) groups is 8. The molecule has 1 aliphatic heterocycles. The third kappa shape index (κ3) is 16.5. The third-order valence-corrected chi connectivity index (χ3v) is 9.81. The zero-order valence-corrected chi connectivity index (χ0v) is 34.5. The lowest BCUT2D eigenvalue weighted by molar-refractivity contribution is -0.146. The van der Waals surface area contributed by atoms with Crippen molar-refractivity contribution in [2.45, 2.75) is 101 Å². The van der Waals surface area contributed by atoms with Gasteiger partial charge in [0.25, 0.3) is 0 Å². The molecule has 0 aromatic heterocycles. The fraction of sp³-hybridized carbons (Fsp3) is 0.488. The maximum atomic E-state index is 14.2. The number of carbonyl (C=O) groups excluding carboxylic acids is 7. The van der Waals surface area contributed by atoms with E-state index in [1.54, 1.807) is 60.7 Å². The Bertz CT molecular complexity index is 1860. The van der Waals surface area contributed by atoms with Crippen LogP contribution in [0.5, 0.6) is 0 Å². The number of aliphatic imine (C=N–C) groups is 1. The fourth-order valence-corrected chi connectivity index (χ4v) is 6.82. The highest BCUT2D eigenvalue weighted by Crippen LogP contribution is 2.20. The van der Waals surface area contributed by atoms with Crippen LogP contribution < -0.4 is 49.5 Å². The lowest BCUT2D eigenvalue weighted by Gasteiger charge is -2.30. The SMILES string of the molecule is CC(C)CC(NC(=O)C(Cc1ccccc1)NC(=O)C1CCCN1C(=O)C(CC(=O)O)NC(=O)CN)C(=O)NC(CCCN=C(N)N)C(=O)NC(Cc1ccccc1)C(N)=O. The number of primary amides is 1. The van der Waals surface area contributed by atoms with E-state index in [0.717, 1.165) is 5.56 Å². The van der Waals surface area contributed by atoms with Crippen LogP contribution in [0.4, 0.5) is 0 Å². The molecule has 2 aromatic carbocycles. The van der Waals surface area contributed by atoms with Crippen molar-refractivity contribution in [1.82, 2.24) is 31.5 Å². The summed E-state index contributed by atoms with van der Waals surface area (Å²) in [6.07, 6.45) is 0.315. The van der Waals surface area contributed by atoms with Gasteiger partial charge in [-0.05, 0) is 49.1 Å². The minimum atomic E-state index is -1.48. The summed E-state index contributed by atoms with van der Waals surface area (Å²) in [4.78, 5) is 111. The van der Waals surface area contributed by atoms with E-state index in [-0.39, 0.29) is 63.5 Å². The number of hydrogen-bond acceptors (Lipinski definition) is 10. The molecular formula is C41H59N11O9. The first kappa shape index (κ1) is 48.8. The van der Waals surface area contributed by atoms with Gasteiger partial charge in [-0.1, -0.05) is 74.5 Å². The average Bonchev–Trinajstić information content (AvgIpc) is 3.71. The van der Waals surface area contributed by atoms with Gasteiger partial charge in [0.1, 0.15) is 36.3 Å². The number of carboxylic acid groups (broad SMARTS) is 1. The molecule has 14 N–H and O–H groups in total. The predicted molar refractivity (Wildman–Crippen MR) is 225 cm³/mol. The molecule has 0 saturated carbocycles. The summed E-state index contributed by atoms with van der Waals surface area (Å²) in [5.41, 5.74) is 23.4. The van der Waals surface area contributed by atoms with Crippen LogP contribution in [-0.4, -0.2) is 119 Å². The van der Waals surface area contributed by atoms with Gasteiger partial charge in [0.2, 0.25) is 41.4 Å². The molecule has 1 aliphatic rings. The van der Waals surface area contributed by atoms with E-state index >= 15 is 0 Å². The molecular weight excluding hydrogens is 791 g/mol. The molecule has 332 valence electrons. The van der Waals surface area contributed by atoms with Gasteiger partial charge in [-0.15, -0.1) is 0 Å². The third-order valence-electron chi connectivity index (χ3n) is 9.81. The molecule has 61 heavy (non-hydrogen) atoms. The van der Waals surface area contributed by atoms with Gasteiger partial charge in [0.15, 0.2) is 5.96 Å². The lowest BCUT2D eigenvalue weighted by atomic mass is 10.00. The van der Waals surface area contributed by atoms with Crippen molar-refractivity contribution in [3.63, 3.8) is 0 Å². The number of carboxylic acids is 1. The molecule has 0 aliphatic carbocycles. The van der Waals surface area contributed by atoms with Crippen molar-refractivity contribution >= 4 is 53.3 Å². The topological polar surface area (TPSA) is 337 Å². The van der Waals surface area contributed by atoms with Crippen LogP contribution in [0.3, 0.4) is 0 Å². The van der Waals surface area contributed by atoms with Crippen LogP contribution in [0.2, 0.25) is 0 Å². The van der Waals surface area contributed by atoms with Crippen molar-refractivity contribution in [2.24, 2.45) is 33.8 Å². The summed E-state index contributed by atoms with van der Waals surface area (Å²) in [6.45, 7) is 3.39. The molecule has 3 rings (SSSR count). The van der Waals surface area contributed by atoms with Gasteiger partial charge >= 0.3 is 5.97 Å². The number of likely N-dealkylation sites (tertiary alicyclic amines) is 1. The molecule has 20 heteroatoms. The van der Waals surface area contributed by atoms with E-state index in [0.29, 0.717) is 12.0 Å². The maximum absolute atomic E-state index is 14.2. The molecule has 6 atom stereocenters. The summed E-state index contributed by atoms with van der Waals surface area (Å²) in [5, 5.41) is 22.6. The second kappa shape index (κ2) is 24.5. The molecule has 0 spiro atoms. The van der Waals surface area contributed by atoms with Crippen LogP contribution >= 0.6 is 0 Å². The van der Waals surface area contributed by atoms with Crippen LogP contribution in [-0.2, 0) is 51.2 Å². The van der Waals surface area contributed by atoms with Crippen molar-refractivity contribution in [2.75, 3.05) is 19.6 Å². The number of aliphatic carboxylic acids is 1. The Morgan fingerprint density at radius 3 is 1.82 bits per heavy atom. The molecule has 20 nitrogen and oxygen atoms in total. The van der Waals surface area contributed by atoms with Gasteiger partial charge < -0.3 is 59.5 Å². The Labute approximate surface area is 354 Å². The van der Waals surface area contributed by atoms with Crippen LogP contribution in [0.1, 0.15) is 63.5 Å². The van der Waals surface area contributed by atoms with Crippen molar-refractivity contribution in [1.29, 1.82) is 0 Å². The Kier molecular flexibility index (Phi) is 19.6. The normalized spacial score (nSPS) is 15.9. The Morgan fingerprint density at radius 2 is 1.28 bits per heavy atom. The molecule has 1 saturated heterocycles. The fourth-order valence-electron chi connectivity index (χ4n) is 6.82. The summed E-state index contributed by atoms with van der Waals surface area (Å²) in [5.74, 6) is -6.86. The summed E-state index contributed by atoms with van der Waals surface area (Å²) >= 11 is 0. The van der Waals surface area contributed by atoms with Crippen LogP contribution in [0, 0.1) is 5.92 Å². The highest BCUT2D eigenvalue weighted by Gasteiger charge is 2.40. The Hall–Kier alpha value is -6.57. The second-order valence-electron chi connectivity index (χ2n) is 15.2. The van der Waals surface area contributed by atoms with Gasteiger partial charge in [-0.2, -0.15) is 0 Å². The van der Waals surface area contributed by atoms with Gasteiger partial charge in [0, 0.05) is 25.9 Å². The largest absolute Gasteiger partial charge is 0.481 e. The van der Waals surface area contributed by atoms with Crippen molar-refractivity contribution in [3.8, 4) is 0 Å². The lowest BCUT2D eigenvalue weighted by Crippen LogP contribution is -2.60. The highest BCUT2D eigenvalue weighted by molar-refractivity contribution is 5.98. The van der Waals surface area contributed by atoms with E-state index in [4.69, 9.17) is 22.9 Å². The van der Waals surface area contributed by atoms with E-state index < -0.39 is 96.5 Å². The number of rotatable bonds is 24. The van der Waals surface area contributed by atoms with Gasteiger partial charge in [-0.3, -0.25) is 43.3 Å². The second-order valence-corrected chi connectivity index (χ2v) is 15.2. The molecule has 1 fully saturated rings. The Morgan fingerprint density at radius 1 is 0.738 bits per heavy atom. The molecule has 0 radical (unpaired) electrons. The number of benzene rings is 2. The zero-order chi connectivity index (χ0) is 45.1. The molecule has 2 aromatic rings. The van der Waals surface area contributed by atoms with Gasteiger partial charge in [-0.25, -0.2) is 0 Å². The monoisotopic (exact) mass is 849 g/mol. The minimum Gasteiger partial charge on any atom is -0.481 e. The van der Waals surface area contributed by atoms with Crippen LogP contribution in [0.25, 0.3) is 0 Å². The number of nitrogens with zero attached hydrogens (tertiary/aromatic N) is 2. The van der Waals surface area contributed by atoms with Crippen molar-refractivity contribution < 1.29 is 43.5 Å². The predicted octanol–water partition coefficient (Wildman–Crippen LogP) is -2.09. The van der Waals surface area contributed by atoms with E-state index in [9.17, 15) is 43.5 Å². The number of nitrogens with one attached hydrogen (secondary N) is 5. The average molecular weight is 850 g/mol. The van der Waals surface area contributed by atoms with E-state index in [2.05, 4.69) is 31.6 Å². The van der Waals surface area contributed by atoms with E-state index in [1.807, 2.05) is 13.8 Å². The first-order chi connectivity index (χ1) is 29.0. The molecule has 1 heterocycles. The molecule has 0 bridgehead atoms. The first-order valence-electron chi connectivity index (χ1n) is 20.1. The van der Waals surface area contributed by atoms with Crippen molar-refractivity contribution in [3.05, 3.63) is 71.8 Å². The summed E-state index contributed by atoms with van der Waals surface area (Å²) in [6, 6.07) is 10.3. The summed E-state index contributed by atoms with van der Waals surface area (Å²) < 4.78 is 0. The smallest absolute Gasteiger partial charge is 0.305 e. The van der Waals surface area contributed by atoms with E-state index in [1.165, 1.54) is 4.90 Å². The minimum absolute atomic E-state index is 0.0188. The quantitative estimate of drug-likeness (QED) is 0.0309.